The van der Waals surface area contributed by atoms with Crippen LogP contribution in [0.25, 0.3) is 33.4 Å². The largest absolute Gasteiger partial charge is 0.268 e. The van der Waals surface area contributed by atoms with Crippen LogP contribution in [0.5, 0.6) is 0 Å². The van der Waals surface area contributed by atoms with Crippen LogP contribution in [0.2, 0.25) is 0 Å². The van der Waals surface area contributed by atoms with Gasteiger partial charge in [0.05, 0.1) is 11.2 Å². The second-order valence-electron chi connectivity index (χ2n) is 8.05. The van der Waals surface area contributed by atoms with E-state index in [9.17, 15) is 0 Å². The molecule has 5 aromatic rings. The molecule has 0 aliphatic carbocycles. The Morgan fingerprint density at radius 3 is 2.65 bits per heavy atom. The summed E-state index contributed by atoms with van der Waals surface area (Å²) in [5.74, 6) is 0. The molecule has 0 spiro atoms. The molecule has 4 heteroatoms. The van der Waals surface area contributed by atoms with Crippen LogP contribution in [-0.2, 0) is 19.4 Å². The lowest BCUT2D eigenvalue weighted by Crippen LogP contribution is -1.97. The number of hydrogen-bond donors (Lipinski definition) is 0. The summed E-state index contributed by atoms with van der Waals surface area (Å²) in [6.45, 7) is 0.967. The van der Waals surface area contributed by atoms with Gasteiger partial charge in [-0.2, -0.15) is 5.10 Å². The van der Waals surface area contributed by atoms with Crippen molar-refractivity contribution in [3.8, 4) is 22.5 Å². The molecule has 6 rings (SSSR count). The molecule has 0 saturated heterocycles. The highest BCUT2D eigenvalue weighted by molar-refractivity contribution is 5.98. The Kier molecular flexibility index (Phi) is 4.34. The summed E-state index contributed by atoms with van der Waals surface area (Å²) in [4.78, 5) is 9.59. The predicted molar refractivity (Wildman–Crippen MR) is 124 cm³/mol. The summed E-state index contributed by atoms with van der Waals surface area (Å²) in [6, 6.07) is 27.2. The molecule has 0 unspecified atom stereocenters. The zero-order valence-corrected chi connectivity index (χ0v) is 17.2. The van der Waals surface area contributed by atoms with Gasteiger partial charge in [-0.1, -0.05) is 54.6 Å². The third kappa shape index (κ3) is 3.21. The number of nitrogens with zero attached hydrogens (tertiary/aromatic N) is 4. The predicted octanol–water partition coefficient (Wildman–Crippen LogP) is 5.70. The van der Waals surface area contributed by atoms with Gasteiger partial charge in [0, 0.05) is 41.5 Å². The van der Waals surface area contributed by atoms with Crippen LogP contribution < -0.4 is 0 Å². The Hall–Kier alpha value is -3.79. The number of para-hydroxylation sites is 1. The molecular weight excluding hydrogens is 380 g/mol. The molecule has 0 saturated carbocycles. The highest BCUT2D eigenvalue weighted by atomic mass is 15.3. The minimum Gasteiger partial charge on any atom is -0.268 e. The molecule has 0 N–H and O–H groups in total. The van der Waals surface area contributed by atoms with E-state index in [2.05, 4.69) is 76.4 Å². The standard InChI is InChI=1S/C27H22N4/c1-2-8-19(9-3-1)18-20-10-6-13-24(29-20)27-26(25-14-7-17-31(25)30-27)22-15-16-28-23-12-5-4-11-21(22)23/h1-6,8-13,15-16H,7,14,17-18H2. The number of aromatic nitrogens is 4. The van der Waals surface area contributed by atoms with Gasteiger partial charge in [-0.15, -0.1) is 0 Å². The lowest BCUT2D eigenvalue weighted by Gasteiger charge is -2.09. The maximum absolute atomic E-state index is 5.03. The summed E-state index contributed by atoms with van der Waals surface area (Å²) in [5.41, 5.74) is 8.95. The summed E-state index contributed by atoms with van der Waals surface area (Å²) in [5, 5.41) is 6.19. The van der Waals surface area contributed by atoms with Gasteiger partial charge in [0.1, 0.15) is 5.69 Å². The molecule has 0 fully saturated rings. The van der Waals surface area contributed by atoms with Gasteiger partial charge >= 0.3 is 0 Å². The highest BCUT2D eigenvalue weighted by Gasteiger charge is 2.25. The van der Waals surface area contributed by atoms with Gasteiger partial charge in [-0.05, 0) is 48.2 Å². The van der Waals surface area contributed by atoms with E-state index >= 15 is 0 Å². The molecule has 0 radical (unpaired) electrons. The third-order valence-electron chi connectivity index (χ3n) is 6.04. The van der Waals surface area contributed by atoms with Crippen molar-refractivity contribution in [1.29, 1.82) is 0 Å². The van der Waals surface area contributed by atoms with E-state index in [1.807, 2.05) is 18.3 Å². The first-order valence-electron chi connectivity index (χ1n) is 10.8. The van der Waals surface area contributed by atoms with E-state index in [0.717, 1.165) is 53.8 Å². The summed E-state index contributed by atoms with van der Waals surface area (Å²) in [6.07, 6.45) is 4.90. The van der Waals surface area contributed by atoms with Crippen LogP contribution in [-0.4, -0.2) is 19.7 Å². The van der Waals surface area contributed by atoms with Gasteiger partial charge in [0.2, 0.25) is 0 Å². The van der Waals surface area contributed by atoms with Crippen molar-refractivity contribution >= 4 is 10.9 Å². The van der Waals surface area contributed by atoms with Crippen LogP contribution in [0.3, 0.4) is 0 Å². The number of pyridine rings is 2. The lowest BCUT2D eigenvalue weighted by molar-refractivity contribution is 0.658. The second kappa shape index (κ2) is 7.47. The van der Waals surface area contributed by atoms with Gasteiger partial charge in [-0.3, -0.25) is 14.6 Å². The molecule has 1 aliphatic rings. The van der Waals surface area contributed by atoms with E-state index in [-0.39, 0.29) is 0 Å². The van der Waals surface area contributed by atoms with Crippen molar-refractivity contribution in [2.75, 3.05) is 0 Å². The van der Waals surface area contributed by atoms with Crippen molar-refractivity contribution in [1.82, 2.24) is 19.7 Å². The molecule has 31 heavy (non-hydrogen) atoms. The first-order chi connectivity index (χ1) is 15.4. The molecule has 4 heterocycles. The number of benzene rings is 2. The molecule has 0 atom stereocenters. The average Bonchev–Trinajstić information content (AvgIpc) is 3.41. The van der Waals surface area contributed by atoms with E-state index in [4.69, 9.17) is 10.1 Å². The zero-order chi connectivity index (χ0) is 20.6. The molecule has 0 bridgehead atoms. The normalized spacial score (nSPS) is 12.9. The van der Waals surface area contributed by atoms with E-state index < -0.39 is 0 Å². The van der Waals surface area contributed by atoms with Crippen molar-refractivity contribution in [3.63, 3.8) is 0 Å². The van der Waals surface area contributed by atoms with Crippen LogP contribution >= 0.6 is 0 Å². The summed E-state index contributed by atoms with van der Waals surface area (Å²) in [7, 11) is 0. The van der Waals surface area contributed by atoms with Gasteiger partial charge in [0.25, 0.3) is 0 Å². The average molecular weight is 403 g/mol. The zero-order valence-electron chi connectivity index (χ0n) is 17.2. The smallest absolute Gasteiger partial charge is 0.119 e. The fourth-order valence-electron chi connectivity index (χ4n) is 4.62. The van der Waals surface area contributed by atoms with Gasteiger partial charge in [0.15, 0.2) is 0 Å². The van der Waals surface area contributed by atoms with Crippen molar-refractivity contribution in [2.24, 2.45) is 0 Å². The SMILES string of the molecule is c1ccc(Cc2cccc(-c3nn4c(c3-c3ccnc5ccccc35)CCC4)n2)cc1. The molecule has 2 aromatic carbocycles. The number of fused-ring (bicyclic) bond motifs is 2. The molecule has 4 nitrogen and oxygen atoms in total. The molecule has 1 aliphatic heterocycles. The van der Waals surface area contributed by atoms with Gasteiger partial charge < -0.3 is 0 Å². The Bertz CT molecular complexity index is 1380. The fraction of sp³-hybridized carbons (Fsp3) is 0.148. The monoisotopic (exact) mass is 402 g/mol. The number of hydrogen-bond acceptors (Lipinski definition) is 3. The highest BCUT2D eigenvalue weighted by Crippen LogP contribution is 2.39. The summed E-state index contributed by atoms with van der Waals surface area (Å²) < 4.78 is 2.17. The van der Waals surface area contributed by atoms with Crippen molar-refractivity contribution in [3.05, 3.63) is 102 Å². The van der Waals surface area contributed by atoms with Crippen LogP contribution in [0.15, 0.2) is 85.1 Å². The Labute approximate surface area is 181 Å². The Morgan fingerprint density at radius 1 is 0.839 bits per heavy atom. The van der Waals surface area contributed by atoms with E-state index in [1.54, 1.807) is 0 Å². The first-order valence-corrected chi connectivity index (χ1v) is 10.8. The number of aryl methyl sites for hydroxylation is 1. The Balaban J connectivity index is 1.51. The Morgan fingerprint density at radius 2 is 1.71 bits per heavy atom. The molecule has 0 amide bonds. The minimum atomic E-state index is 0.815. The molecule has 150 valence electrons. The molecular formula is C27H22N4. The maximum atomic E-state index is 5.03. The lowest BCUT2D eigenvalue weighted by atomic mass is 9.96. The minimum absolute atomic E-state index is 0.815. The third-order valence-corrected chi connectivity index (χ3v) is 6.04. The first kappa shape index (κ1) is 18.0. The topological polar surface area (TPSA) is 43.6 Å². The van der Waals surface area contributed by atoms with Crippen LogP contribution in [0.1, 0.15) is 23.4 Å². The van der Waals surface area contributed by atoms with Gasteiger partial charge in [-0.25, -0.2) is 0 Å². The molecule has 3 aromatic heterocycles. The van der Waals surface area contributed by atoms with Crippen LogP contribution in [0.4, 0.5) is 0 Å². The van der Waals surface area contributed by atoms with E-state index in [1.165, 1.54) is 22.4 Å². The second-order valence-corrected chi connectivity index (χ2v) is 8.05. The van der Waals surface area contributed by atoms with Crippen molar-refractivity contribution < 1.29 is 0 Å². The van der Waals surface area contributed by atoms with E-state index in [0.29, 0.717) is 0 Å². The van der Waals surface area contributed by atoms with Crippen molar-refractivity contribution in [2.45, 2.75) is 25.8 Å². The quantitative estimate of drug-likeness (QED) is 0.387. The number of rotatable bonds is 4. The van der Waals surface area contributed by atoms with Crippen LogP contribution in [0, 0.1) is 0 Å². The fourth-order valence-corrected chi connectivity index (χ4v) is 4.62. The maximum Gasteiger partial charge on any atom is 0.119 e. The summed E-state index contributed by atoms with van der Waals surface area (Å²) >= 11 is 0.